The van der Waals surface area contributed by atoms with Gasteiger partial charge in [-0.25, -0.2) is 13.1 Å². The van der Waals surface area contributed by atoms with E-state index in [9.17, 15) is 8.42 Å². The third-order valence-electron chi connectivity index (χ3n) is 2.92. The van der Waals surface area contributed by atoms with Crippen molar-refractivity contribution in [1.82, 2.24) is 4.72 Å². The van der Waals surface area contributed by atoms with Crippen LogP contribution in [0.3, 0.4) is 0 Å². The van der Waals surface area contributed by atoms with Crippen LogP contribution >= 0.6 is 11.6 Å². The summed E-state index contributed by atoms with van der Waals surface area (Å²) in [5, 5.41) is 3.68. The predicted octanol–water partition coefficient (Wildman–Crippen LogP) is 3.25. The molecule has 0 atom stereocenters. The lowest BCUT2D eigenvalue weighted by Gasteiger charge is -2.12. The summed E-state index contributed by atoms with van der Waals surface area (Å²) in [5.74, 6) is 0. The van der Waals surface area contributed by atoms with E-state index in [1.165, 1.54) is 0 Å². The molecule has 2 rings (SSSR count). The average molecular weight is 325 g/mol. The van der Waals surface area contributed by atoms with E-state index in [0.29, 0.717) is 17.3 Å². The largest absolute Gasteiger partial charge is 0.384 e. The molecule has 0 spiro atoms. The van der Waals surface area contributed by atoms with E-state index in [1.54, 1.807) is 48.5 Å². The summed E-state index contributed by atoms with van der Waals surface area (Å²) >= 11 is 5.81. The SMILES string of the molecule is CCNc1ccccc1S(=O)(=O)NCc1ccc(Cl)cc1. The van der Waals surface area contributed by atoms with E-state index >= 15 is 0 Å². The Hall–Kier alpha value is -1.56. The van der Waals surface area contributed by atoms with E-state index in [1.807, 2.05) is 6.92 Å². The smallest absolute Gasteiger partial charge is 0.242 e. The molecule has 0 saturated carbocycles. The number of halogens is 1. The zero-order valence-electron chi connectivity index (χ0n) is 11.6. The number of rotatable bonds is 6. The first kappa shape index (κ1) is 15.8. The maximum Gasteiger partial charge on any atom is 0.242 e. The van der Waals surface area contributed by atoms with Crippen LogP contribution in [0.25, 0.3) is 0 Å². The Kier molecular flexibility index (Phi) is 5.22. The standard InChI is InChI=1S/C15H17ClN2O2S/c1-2-17-14-5-3-4-6-15(14)21(19,20)18-11-12-7-9-13(16)10-8-12/h3-10,17-18H,2,11H2,1H3. The van der Waals surface area contributed by atoms with Gasteiger partial charge in [0, 0.05) is 18.1 Å². The number of benzene rings is 2. The van der Waals surface area contributed by atoms with Crippen molar-refractivity contribution < 1.29 is 8.42 Å². The second-order valence-electron chi connectivity index (χ2n) is 4.48. The quantitative estimate of drug-likeness (QED) is 0.857. The molecule has 2 N–H and O–H groups in total. The van der Waals surface area contributed by atoms with Gasteiger partial charge in [-0.05, 0) is 36.8 Å². The van der Waals surface area contributed by atoms with Gasteiger partial charge in [-0.2, -0.15) is 0 Å². The lowest BCUT2D eigenvalue weighted by Crippen LogP contribution is -2.24. The first-order valence-corrected chi connectivity index (χ1v) is 8.46. The minimum atomic E-state index is -3.57. The molecule has 112 valence electrons. The number of nitrogens with one attached hydrogen (secondary N) is 2. The normalized spacial score (nSPS) is 11.3. The molecule has 21 heavy (non-hydrogen) atoms. The van der Waals surface area contributed by atoms with Gasteiger partial charge in [0.15, 0.2) is 0 Å². The highest BCUT2D eigenvalue weighted by atomic mass is 35.5. The number of hydrogen-bond donors (Lipinski definition) is 2. The maximum atomic E-state index is 12.4. The van der Waals surface area contributed by atoms with Crippen LogP contribution in [0, 0.1) is 0 Å². The second-order valence-corrected chi connectivity index (χ2v) is 6.65. The predicted molar refractivity (Wildman–Crippen MR) is 86.1 cm³/mol. The Bertz CT molecular complexity index is 700. The van der Waals surface area contributed by atoms with Crippen LogP contribution in [0.5, 0.6) is 0 Å². The number of sulfonamides is 1. The first-order chi connectivity index (χ1) is 10.0. The van der Waals surface area contributed by atoms with Crippen LogP contribution in [0.4, 0.5) is 5.69 Å². The van der Waals surface area contributed by atoms with Gasteiger partial charge in [0.1, 0.15) is 4.90 Å². The highest BCUT2D eigenvalue weighted by molar-refractivity contribution is 7.89. The van der Waals surface area contributed by atoms with E-state index in [-0.39, 0.29) is 11.4 Å². The fourth-order valence-corrected chi connectivity index (χ4v) is 3.22. The molecule has 2 aromatic carbocycles. The van der Waals surface area contributed by atoms with Crippen LogP contribution in [-0.2, 0) is 16.6 Å². The Morgan fingerprint density at radius 1 is 1.05 bits per heavy atom. The number of para-hydroxylation sites is 1. The van der Waals surface area contributed by atoms with Crippen molar-refractivity contribution in [1.29, 1.82) is 0 Å². The molecule has 0 aromatic heterocycles. The molecular formula is C15H17ClN2O2S. The van der Waals surface area contributed by atoms with E-state index in [4.69, 9.17) is 11.6 Å². The Morgan fingerprint density at radius 2 is 1.71 bits per heavy atom. The summed E-state index contributed by atoms with van der Waals surface area (Å²) in [6.45, 7) is 2.80. The molecule has 0 aliphatic rings. The summed E-state index contributed by atoms with van der Waals surface area (Å²) in [6, 6.07) is 13.9. The fourth-order valence-electron chi connectivity index (χ4n) is 1.90. The van der Waals surface area contributed by atoms with Gasteiger partial charge in [0.2, 0.25) is 10.0 Å². The lowest BCUT2D eigenvalue weighted by molar-refractivity contribution is 0.581. The monoisotopic (exact) mass is 324 g/mol. The Morgan fingerprint density at radius 3 is 2.38 bits per heavy atom. The van der Waals surface area contributed by atoms with Crippen molar-refractivity contribution in [2.24, 2.45) is 0 Å². The van der Waals surface area contributed by atoms with E-state index in [2.05, 4.69) is 10.0 Å². The third-order valence-corrected chi connectivity index (χ3v) is 4.63. The van der Waals surface area contributed by atoms with Crippen molar-refractivity contribution in [3.05, 3.63) is 59.1 Å². The molecule has 2 aromatic rings. The average Bonchev–Trinajstić information content (AvgIpc) is 2.47. The summed E-state index contributed by atoms with van der Waals surface area (Å²) < 4.78 is 27.4. The first-order valence-electron chi connectivity index (χ1n) is 6.60. The summed E-state index contributed by atoms with van der Waals surface area (Å²) in [5.41, 5.74) is 1.45. The topological polar surface area (TPSA) is 58.2 Å². The molecule has 0 unspecified atom stereocenters. The van der Waals surface area contributed by atoms with Crippen molar-refractivity contribution >= 4 is 27.3 Å². The molecule has 0 radical (unpaired) electrons. The highest BCUT2D eigenvalue weighted by Crippen LogP contribution is 2.20. The molecule has 0 heterocycles. The van der Waals surface area contributed by atoms with E-state index in [0.717, 1.165) is 5.56 Å². The molecule has 0 amide bonds. The second kappa shape index (κ2) is 6.93. The third kappa shape index (κ3) is 4.20. The number of anilines is 1. The van der Waals surface area contributed by atoms with Gasteiger partial charge >= 0.3 is 0 Å². The summed E-state index contributed by atoms with van der Waals surface area (Å²) in [7, 11) is -3.57. The fraction of sp³-hybridized carbons (Fsp3) is 0.200. The van der Waals surface area contributed by atoms with Crippen LogP contribution in [0.15, 0.2) is 53.4 Å². The molecule has 6 heteroatoms. The number of hydrogen-bond acceptors (Lipinski definition) is 3. The molecule has 0 saturated heterocycles. The zero-order valence-corrected chi connectivity index (χ0v) is 13.2. The molecule has 4 nitrogen and oxygen atoms in total. The molecule has 0 aliphatic carbocycles. The van der Waals surface area contributed by atoms with Gasteiger partial charge in [-0.3, -0.25) is 0 Å². The maximum absolute atomic E-state index is 12.4. The van der Waals surface area contributed by atoms with Crippen LogP contribution in [0.1, 0.15) is 12.5 Å². The van der Waals surface area contributed by atoms with Gasteiger partial charge in [0.05, 0.1) is 5.69 Å². The van der Waals surface area contributed by atoms with Crippen molar-refractivity contribution in [2.75, 3.05) is 11.9 Å². The molecular weight excluding hydrogens is 308 g/mol. The van der Waals surface area contributed by atoms with E-state index < -0.39 is 10.0 Å². The van der Waals surface area contributed by atoms with Crippen molar-refractivity contribution in [3.63, 3.8) is 0 Å². The summed E-state index contributed by atoms with van der Waals surface area (Å²) in [4.78, 5) is 0.251. The van der Waals surface area contributed by atoms with Gasteiger partial charge in [-0.1, -0.05) is 35.9 Å². The zero-order chi connectivity index (χ0) is 15.3. The highest BCUT2D eigenvalue weighted by Gasteiger charge is 2.17. The Labute approximate surface area is 130 Å². The summed E-state index contributed by atoms with van der Waals surface area (Å²) in [6.07, 6.45) is 0. The van der Waals surface area contributed by atoms with Gasteiger partial charge < -0.3 is 5.32 Å². The Balaban J connectivity index is 2.17. The van der Waals surface area contributed by atoms with Crippen LogP contribution in [0.2, 0.25) is 5.02 Å². The molecule has 0 aliphatic heterocycles. The van der Waals surface area contributed by atoms with Gasteiger partial charge in [-0.15, -0.1) is 0 Å². The van der Waals surface area contributed by atoms with Crippen molar-refractivity contribution in [3.8, 4) is 0 Å². The van der Waals surface area contributed by atoms with Crippen LogP contribution in [-0.4, -0.2) is 15.0 Å². The minimum Gasteiger partial charge on any atom is -0.384 e. The lowest BCUT2D eigenvalue weighted by atomic mass is 10.2. The van der Waals surface area contributed by atoms with Crippen molar-refractivity contribution in [2.45, 2.75) is 18.4 Å². The molecule has 0 fully saturated rings. The van der Waals surface area contributed by atoms with Crippen LogP contribution < -0.4 is 10.0 Å². The van der Waals surface area contributed by atoms with Gasteiger partial charge in [0.25, 0.3) is 0 Å². The molecule has 0 bridgehead atoms. The minimum absolute atomic E-state index is 0.222.